The second kappa shape index (κ2) is 21.3. The molecule has 0 bridgehead atoms. The fourth-order valence-corrected chi connectivity index (χ4v) is 3.73. The van der Waals surface area contributed by atoms with Crippen molar-refractivity contribution in [3.8, 4) is 5.75 Å². The summed E-state index contributed by atoms with van der Waals surface area (Å²) in [5, 5.41) is 0. The lowest BCUT2D eigenvalue weighted by atomic mass is 10.1. The van der Waals surface area contributed by atoms with Crippen LogP contribution in [0, 0.1) is 0 Å². The quantitative estimate of drug-likeness (QED) is 0.140. The van der Waals surface area contributed by atoms with Crippen molar-refractivity contribution in [1.29, 1.82) is 0 Å². The summed E-state index contributed by atoms with van der Waals surface area (Å²) in [6, 6.07) is 9.86. The highest BCUT2D eigenvalue weighted by Gasteiger charge is 2.13. The fourth-order valence-electron chi connectivity index (χ4n) is 3.42. The van der Waals surface area contributed by atoms with Crippen LogP contribution in [0.4, 0.5) is 0 Å². The van der Waals surface area contributed by atoms with Gasteiger partial charge in [-0.2, -0.15) is 0 Å². The van der Waals surface area contributed by atoms with Crippen LogP contribution in [0.15, 0.2) is 30.3 Å². The van der Waals surface area contributed by atoms with Crippen LogP contribution in [0.1, 0.15) is 71.1 Å². The number of hydrogen-bond donors (Lipinski definition) is 2. The van der Waals surface area contributed by atoms with E-state index in [-0.39, 0.29) is 19.3 Å². The van der Waals surface area contributed by atoms with Gasteiger partial charge in [-0.15, -0.1) is 0 Å². The Labute approximate surface area is 205 Å². The minimum Gasteiger partial charge on any atom is -0.488 e. The van der Waals surface area contributed by atoms with Gasteiger partial charge in [0.2, 0.25) is 0 Å². The molecule has 1 aromatic rings. The minimum atomic E-state index is -4.43. The van der Waals surface area contributed by atoms with Gasteiger partial charge in [-0.25, -0.2) is 4.57 Å². The van der Waals surface area contributed by atoms with E-state index in [1.165, 1.54) is 51.4 Å². The highest BCUT2D eigenvalue weighted by Crippen LogP contribution is 2.35. The molecule has 34 heavy (non-hydrogen) atoms. The molecule has 0 saturated heterocycles. The molecule has 1 atom stereocenters. The summed E-state index contributed by atoms with van der Waals surface area (Å²) in [7, 11) is -4.43. The Morgan fingerprint density at radius 3 is 1.85 bits per heavy atom. The smallest absolute Gasteiger partial charge is 0.469 e. The third-order valence-corrected chi connectivity index (χ3v) is 5.73. The molecular formula is C25H45O8P. The molecule has 0 heterocycles. The Kier molecular flexibility index (Phi) is 19.5. The van der Waals surface area contributed by atoms with Gasteiger partial charge in [-0.3, -0.25) is 4.52 Å². The third-order valence-electron chi connectivity index (χ3n) is 5.21. The van der Waals surface area contributed by atoms with E-state index in [9.17, 15) is 4.57 Å². The van der Waals surface area contributed by atoms with E-state index in [1.54, 1.807) is 0 Å². The van der Waals surface area contributed by atoms with Gasteiger partial charge in [0.25, 0.3) is 0 Å². The molecule has 1 aromatic carbocycles. The molecule has 8 nitrogen and oxygen atoms in total. The number of phosphoric ester groups is 1. The van der Waals surface area contributed by atoms with Gasteiger partial charge in [0.05, 0.1) is 46.2 Å². The summed E-state index contributed by atoms with van der Waals surface area (Å²) in [6.07, 6.45) is 12.7. The molecule has 0 aromatic heterocycles. The minimum absolute atomic E-state index is 0.0179. The Hall–Kier alpha value is -0.990. The zero-order valence-corrected chi connectivity index (χ0v) is 21.7. The zero-order valence-electron chi connectivity index (χ0n) is 20.8. The molecule has 0 amide bonds. The lowest BCUT2D eigenvalue weighted by Gasteiger charge is -2.19. The monoisotopic (exact) mass is 504 g/mol. The fraction of sp³-hybridized carbons (Fsp3) is 0.760. The van der Waals surface area contributed by atoms with E-state index in [4.69, 9.17) is 28.7 Å². The second-order valence-electron chi connectivity index (χ2n) is 8.29. The van der Waals surface area contributed by atoms with Crippen molar-refractivity contribution in [1.82, 2.24) is 0 Å². The summed E-state index contributed by atoms with van der Waals surface area (Å²) in [6.45, 7) is 4.32. The van der Waals surface area contributed by atoms with E-state index < -0.39 is 7.82 Å². The van der Waals surface area contributed by atoms with Crippen molar-refractivity contribution in [2.24, 2.45) is 0 Å². The molecule has 9 heteroatoms. The van der Waals surface area contributed by atoms with E-state index >= 15 is 0 Å². The summed E-state index contributed by atoms with van der Waals surface area (Å²) >= 11 is 0. The molecule has 1 rings (SSSR count). The number of phosphoric acid groups is 1. The van der Waals surface area contributed by atoms with Crippen LogP contribution in [0.25, 0.3) is 0 Å². The second-order valence-corrected chi connectivity index (χ2v) is 9.53. The normalized spacial score (nSPS) is 12.7. The number of unbranched alkanes of at least 4 members (excludes halogenated alkanes) is 8. The number of benzene rings is 1. The molecular weight excluding hydrogens is 459 g/mol. The van der Waals surface area contributed by atoms with Gasteiger partial charge in [-0.05, 0) is 25.0 Å². The highest BCUT2D eigenvalue weighted by molar-refractivity contribution is 7.46. The maximum Gasteiger partial charge on any atom is 0.469 e. The first-order chi connectivity index (χ1) is 16.5. The van der Waals surface area contributed by atoms with Gasteiger partial charge >= 0.3 is 7.82 Å². The first-order valence-corrected chi connectivity index (χ1v) is 14.2. The average Bonchev–Trinajstić information content (AvgIpc) is 2.81. The maximum absolute atomic E-state index is 10.5. The van der Waals surface area contributed by atoms with Crippen molar-refractivity contribution in [2.75, 3.05) is 46.2 Å². The van der Waals surface area contributed by atoms with E-state index in [2.05, 4.69) is 11.4 Å². The van der Waals surface area contributed by atoms with Crippen LogP contribution in [-0.2, 0) is 23.3 Å². The Bertz CT molecular complexity index is 610. The molecule has 0 radical (unpaired) electrons. The SMILES string of the molecule is CCCCCCCCCCCC(COCCOCCOCCOP(=O)(O)O)Oc1ccccc1. The summed E-state index contributed by atoms with van der Waals surface area (Å²) in [4.78, 5) is 17.1. The van der Waals surface area contributed by atoms with Crippen LogP contribution >= 0.6 is 7.82 Å². The van der Waals surface area contributed by atoms with E-state index in [0.717, 1.165) is 18.6 Å². The maximum atomic E-state index is 10.5. The highest BCUT2D eigenvalue weighted by atomic mass is 31.2. The van der Waals surface area contributed by atoms with Crippen molar-refractivity contribution >= 4 is 7.82 Å². The molecule has 0 aliphatic carbocycles. The molecule has 2 N–H and O–H groups in total. The van der Waals surface area contributed by atoms with Crippen molar-refractivity contribution in [3.05, 3.63) is 30.3 Å². The van der Waals surface area contributed by atoms with Gasteiger partial charge < -0.3 is 28.7 Å². The van der Waals surface area contributed by atoms with Crippen LogP contribution in [0.3, 0.4) is 0 Å². The van der Waals surface area contributed by atoms with Crippen molar-refractivity contribution < 1.29 is 37.8 Å². The molecule has 198 valence electrons. The van der Waals surface area contributed by atoms with Gasteiger partial charge in [-0.1, -0.05) is 76.5 Å². The molecule has 0 saturated carbocycles. The summed E-state index contributed by atoms with van der Waals surface area (Å²) in [5.74, 6) is 0.864. The van der Waals surface area contributed by atoms with Crippen LogP contribution < -0.4 is 4.74 Å². The molecule has 0 spiro atoms. The topological polar surface area (TPSA) is 104 Å². The first kappa shape index (κ1) is 31.0. The average molecular weight is 505 g/mol. The lowest BCUT2D eigenvalue weighted by molar-refractivity contribution is -0.00956. The van der Waals surface area contributed by atoms with Gasteiger partial charge in [0, 0.05) is 0 Å². The summed E-state index contributed by atoms with van der Waals surface area (Å²) < 4.78 is 37.4. The Morgan fingerprint density at radius 2 is 1.26 bits per heavy atom. The number of rotatable bonds is 24. The van der Waals surface area contributed by atoms with Gasteiger partial charge in [0.1, 0.15) is 11.9 Å². The predicted octanol–water partition coefficient (Wildman–Crippen LogP) is 5.51. The zero-order chi connectivity index (χ0) is 24.7. The van der Waals surface area contributed by atoms with E-state index in [0.29, 0.717) is 33.0 Å². The van der Waals surface area contributed by atoms with Crippen LogP contribution in [0.5, 0.6) is 5.75 Å². The van der Waals surface area contributed by atoms with Crippen molar-refractivity contribution in [3.63, 3.8) is 0 Å². The third kappa shape index (κ3) is 20.4. The number of hydrogen-bond acceptors (Lipinski definition) is 6. The standard InChI is InChI=1S/C25H45O8P/c1-2-3-4-5-6-7-8-9-11-16-25(33-24-14-12-10-13-15-24)23-31-20-19-29-17-18-30-21-22-32-34(26,27)28/h10,12-15,25H,2-9,11,16-23H2,1H3,(H2,26,27,28). The molecule has 1 unspecified atom stereocenters. The summed E-state index contributed by atoms with van der Waals surface area (Å²) in [5.41, 5.74) is 0. The molecule has 0 aliphatic heterocycles. The number of ether oxygens (including phenoxy) is 4. The molecule has 0 aliphatic rings. The lowest BCUT2D eigenvalue weighted by Crippen LogP contribution is -2.24. The Balaban J connectivity index is 2.10. The van der Waals surface area contributed by atoms with Crippen LogP contribution in [0.2, 0.25) is 0 Å². The van der Waals surface area contributed by atoms with Crippen molar-refractivity contribution in [2.45, 2.75) is 77.2 Å². The van der Waals surface area contributed by atoms with E-state index in [1.807, 2.05) is 30.3 Å². The first-order valence-electron chi connectivity index (χ1n) is 12.7. The number of para-hydroxylation sites is 1. The predicted molar refractivity (Wildman–Crippen MR) is 133 cm³/mol. The van der Waals surface area contributed by atoms with Gasteiger partial charge in [0.15, 0.2) is 0 Å². The largest absolute Gasteiger partial charge is 0.488 e. The Morgan fingerprint density at radius 1 is 0.735 bits per heavy atom. The van der Waals surface area contributed by atoms with Crippen LogP contribution in [-0.4, -0.2) is 62.1 Å². The molecule has 0 fully saturated rings.